The van der Waals surface area contributed by atoms with Crippen LogP contribution >= 0.6 is 11.3 Å². The van der Waals surface area contributed by atoms with Gasteiger partial charge in [0.05, 0.1) is 5.69 Å². The molecule has 0 unspecified atom stereocenters. The van der Waals surface area contributed by atoms with Gasteiger partial charge in [0.2, 0.25) is 0 Å². The number of nitrogens with zero attached hydrogens (tertiary/aromatic N) is 1. The Labute approximate surface area is 404 Å². The van der Waals surface area contributed by atoms with E-state index in [4.69, 9.17) is 0 Å². The molecule has 2 nitrogen and oxygen atoms in total. The number of anilines is 5. The van der Waals surface area contributed by atoms with Crippen molar-refractivity contribution in [3.05, 3.63) is 129 Å². The van der Waals surface area contributed by atoms with Crippen molar-refractivity contribution in [2.45, 2.75) is 195 Å². The minimum Gasteiger partial charge on any atom is -0.355 e. The second kappa shape index (κ2) is 15.1. The van der Waals surface area contributed by atoms with Gasteiger partial charge in [-0.2, -0.15) is 0 Å². The summed E-state index contributed by atoms with van der Waals surface area (Å²) in [5, 5.41) is 5.64. The number of rotatable bonds is 4. The van der Waals surface area contributed by atoms with E-state index in [2.05, 4.69) is 221 Å². The number of nitrogens with one attached hydrogen (secondary N) is 1. The predicted octanol–water partition coefficient (Wildman–Crippen LogP) is 16.2. The van der Waals surface area contributed by atoms with Crippen molar-refractivity contribution in [1.29, 1.82) is 0 Å². The van der Waals surface area contributed by atoms with Gasteiger partial charge in [0.25, 0.3) is 6.71 Å². The van der Waals surface area contributed by atoms with E-state index in [1.54, 1.807) is 0 Å². The zero-order valence-corrected chi connectivity index (χ0v) is 45.1. The summed E-state index contributed by atoms with van der Waals surface area (Å²) in [4.78, 5) is 2.67. The van der Waals surface area contributed by atoms with Crippen LogP contribution in [0.4, 0.5) is 28.4 Å². The topological polar surface area (TPSA) is 15.3 Å². The van der Waals surface area contributed by atoms with E-state index in [1.165, 1.54) is 130 Å². The normalized spacial score (nSPS) is 18.4. The Hall–Kier alpha value is -4.28. The molecule has 0 amide bonds. The number of fused-ring (bicyclic) bond motifs is 6. The standard InChI is InChI=1S/C62H79BN2S/c1-37-30-41(58(9,10)11)31-38(2)53(37)64-50-35-46-45(60(14,15)27-28-61(46,16)17)34-49(50)63-48-25-22-40(57(6,7)8)32-51(48)65(42-23-20-39(21-24-42)56(3,4)5)54-43-33-44-47(36-52(43)66-55(54)63)62(18,19)29-26-59(44,12)13/h20-25,30-36,64H,26-29H2,1-19H3. The highest BCUT2D eigenvalue weighted by Gasteiger charge is 2.45. The van der Waals surface area contributed by atoms with Crippen LogP contribution in [0.25, 0.3) is 10.1 Å². The highest BCUT2D eigenvalue weighted by Crippen LogP contribution is 2.52. The lowest BCUT2D eigenvalue weighted by Gasteiger charge is -2.43. The Kier molecular flexibility index (Phi) is 10.7. The first kappa shape index (κ1) is 46.8. The van der Waals surface area contributed by atoms with Crippen LogP contribution in [-0.4, -0.2) is 6.71 Å². The number of hydrogen-bond acceptors (Lipinski definition) is 3. The molecule has 0 bridgehead atoms. The van der Waals surface area contributed by atoms with Crippen molar-refractivity contribution in [2.75, 3.05) is 10.2 Å². The molecular weight excluding hydrogens is 816 g/mol. The van der Waals surface area contributed by atoms with Crippen molar-refractivity contribution in [3.8, 4) is 0 Å². The van der Waals surface area contributed by atoms with E-state index < -0.39 is 0 Å². The molecule has 4 heteroatoms. The number of hydrogen-bond donors (Lipinski definition) is 1. The summed E-state index contributed by atoms with van der Waals surface area (Å²) in [5.41, 5.74) is 22.2. The van der Waals surface area contributed by atoms with Crippen LogP contribution in [0.1, 0.15) is 193 Å². The van der Waals surface area contributed by atoms with Gasteiger partial charge < -0.3 is 10.2 Å². The van der Waals surface area contributed by atoms with Crippen molar-refractivity contribution in [1.82, 2.24) is 0 Å². The molecular formula is C62H79BN2S. The molecule has 6 aromatic rings. The number of aryl methyl sites for hydroxylation is 2. The molecule has 0 spiro atoms. The third-order valence-electron chi connectivity index (χ3n) is 16.6. The van der Waals surface area contributed by atoms with Crippen LogP contribution in [0.15, 0.2) is 78.9 Å². The molecule has 1 aliphatic heterocycles. The minimum atomic E-state index is -0.0274. The van der Waals surface area contributed by atoms with E-state index in [9.17, 15) is 0 Å². The first-order chi connectivity index (χ1) is 30.4. The Bertz CT molecular complexity index is 2890. The van der Waals surface area contributed by atoms with Crippen LogP contribution in [0.5, 0.6) is 0 Å². The molecule has 0 saturated heterocycles. The van der Waals surface area contributed by atoms with Gasteiger partial charge in [-0.3, -0.25) is 0 Å². The zero-order chi connectivity index (χ0) is 48.1. The third kappa shape index (κ3) is 7.78. The second-order valence-corrected chi connectivity index (χ2v) is 27.8. The van der Waals surface area contributed by atoms with Gasteiger partial charge in [-0.05, 0) is 175 Å². The largest absolute Gasteiger partial charge is 0.355 e. The van der Waals surface area contributed by atoms with Gasteiger partial charge in [-0.25, -0.2) is 0 Å². The smallest absolute Gasteiger partial charge is 0.261 e. The van der Waals surface area contributed by atoms with Crippen molar-refractivity contribution >= 4 is 72.3 Å². The van der Waals surface area contributed by atoms with Crippen molar-refractivity contribution < 1.29 is 0 Å². The first-order valence-corrected chi connectivity index (χ1v) is 25.9. The van der Waals surface area contributed by atoms with E-state index in [0.29, 0.717) is 0 Å². The summed E-state index contributed by atoms with van der Waals surface area (Å²) in [6.45, 7) is 45.5. The second-order valence-electron chi connectivity index (χ2n) is 26.7. The summed E-state index contributed by atoms with van der Waals surface area (Å²) in [7, 11) is 0. The summed E-state index contributed by atoms with van der Waals surface area (Å²) in [6, 6.07) is 32.4. The molecule has 5 aromatic carbocycles. The third-order valence-corrected chi connectivity index (χ3v) is 17.8. The van der Waals surface area contributed by atoms with Gasteiger partial charge >= 0.3 is 0 Å². The van der Waals surface area contributed by atoms with Crippen LogP contribution in [0.3, 0.4) is 0 Å². The van der Waals surface area contributed by atoms with Gasteiger partial charge in [-0.15, -0.1) is 11.3 Å². The Morgan fingerprint density at radius 3 is 1.50 bits per heavy atom. The number of thiophene rings is 1. The van der Waals surface area contributed by atoms with Crippen molar-refractivity contribution in [3.63, 3.8) is 0 Å². The predicted molar refractivity (Wildman–Crippen MR) is 293 cm³/mol. The van der Waals surface area contributed by atoms with Crippen LogP contribution in [0.2, 0.25) is 0 Å². The zero-order valence-electron chi connectivity index (χ0n) is 44.3. The molecule has 66 heavy (non-hydrogen) atoms. The molecule has 0 saturated carbocycles. The fourth-order valence-corrected chi connectivity index (χ4v) is 13.0. The average molecular weight is 895 g/mol. The first-order valence-electron chi connectivity index (χ1n) is 25.1. The van der Waals surface area contributed by atoms with E-state index in [1.807, 2.05) is 11.3 Å². The van der Waals surface area contributed by atoms with E-state index >= 15 is 0 Å². The lowest BCUT2D eigenvalue weighted by molar-refractivity contribution is 0.332. The molecule has 0 atom stereocenters. The number of benzene rings is 5. The molecule has 346 valence electrons. The van der Waals surface area contributed by atoms with E-state index in [0.717, 1.165) is 0 Å². The minimum absolute atomic E-state index is 0.00710. The van der Waals surface area contributed by atoms with Crippen LogP contribution < -0.4 is 25.9 Å². The Morgan fingerprint density at radius 1 is 0.515 bits per heavy atom. The van der Waals surface area contributed by atoms with Gasteiger partial charge in [-0.1, -0.05) is 160 Å². The molecule has 3 aliphatic rings. The summed E-state index contributed by atoms with van der Waals surface area (Å²) in [5.74, 6) is 0. The van der Waals surface area contributed by atoms with Gasteiger partial charge in [0, 0.05) is 37.6 Å². The van der Waals surface area contributed by atoms with Gasteiger partial charge in [0.1, 0.15) is 0 Å². The molecule has 9 rings (SSSR count). The fourth-order valence-electron chi connectivity index (χ4n) is 11.7. The Morgan fingerprint density at radius 2 is 0.985 bits per heavy atom. The lowest BCUT2D eigenvalue weighted by Crippen LogP contribution is -2.57. The average Bonchev–Trinajstić information content (AvgIpc) is 3.58. The van der Waals surface area contributed by atoms with Crippen molar-refractivity contribution in [2.24, 2.45) is 0 Å². The molecule has 0 radical (unpaired) electrons. The molecule has 2 aliphatic carbocycles. The summed E-state index contributed by atoms with van der Waals surface area (Å²) >= 11 is 2.05. The SMILES string of the molecule is Cc1cc(C(C)(C)C)cc(C)c1Nc1cc2c(cc1B1c3ccc(C(C)(C)C)cc3N(c3ccc(C(C)(C)C)cc3)c3c1sc1cc4c(cc31)C(C)(C)CCC4(C)C)C(C)(C)CCC2(C)C. The Balaban J connectivity index is 1.41. The fraction of sp³-hybridized carbons (Fsp3) is 0.484. The monoisotopic (exact) mass is 895 g/mol. The summed E-state index contributed by atoms with van der Waals surface area (Å²) < 4.78 is 2.83. The molecule has 1 N–H and O–H groups in total. The quantitative estimate of drug-likeness (QED) is 0.177. The van der Waals surface area contributed by atoms with E-state index in [-0.39, 0.29) is 44.6 Å². The van der Waals surface area contributed by atoms with Crippen LogP contribution in [0, 0.1) is 13.8 Å². The van der Waals surface area contributed by atoms with Crippen LogP contribution in [-0.2, 0) is 37.9 Å². The molecule has 0 fully saturated rings. The van der Waals surface area contributed by atoms with Gasteiger partial charge in [0.15, 0.2) is 0 Å². The molecule has 2 heterocycles. The molecule has 1 aromatic heterocycles. The summed E-state index contributed by atoms with van der Waals surface area (Å²) in [6.07, 6.45) is 4.73. The lowest BCUT2D eigenvalue weighted by atomic mass is 9.37. The maximum atomic E-state index is 4.25. The highest BCUT2D eigenvalue weighted by atomic mass is 32.1. The highest BCUT2D eigenvalue weighted by molar-refractivity contribution is 7.33. The maximum Gasteiger partial charge on any atom is 0.261 e. The maximum absolute atomic E-state index is 4.25.